The van der Waals surface area contributed by atoms with Crippen molar-refractivity contribution in [3.05, 3.63) is 65.0 Å². The standard InChI is InChI=1S/C18H16FNO4/c1-22-18(21)12-6-3-5-11(9-12)16-10-15(20-23-2)13-7-4-8-14(19)17(13)24-16/h3-9,16H,10H2,1-2H3. The third-order valence-corrected chi connectivity index (χ3v) is 3.80. The van der Waals surface area contributed by atoms with Gasteiger partial charge in [-0.2, -0.15) is 0 Å². The molecule has 2 aromatic carbocycles. The Morgan fingerprint density at radius 1 is 1.25 bits per heavy atom. The average Bonchev–Trinajstić information content (AvgIpc) is 2.62. The summed E-state index contributed by atoms with van der Waals surface area (Å²) in [5.74, 6) is -0.775. The summed E-state index contributed by atoms with van der Waals surface area (Å²) in [5, 5.41) is 3.99. The molecule has 3 rings (SSSR count). The van der Waals surface area contributed by atoms with Gasteiger partial charge >= 0.3 is 5.97 Å². The minimum Gasteiger partial charge on any atom is -0.482 e. The number of carbonyl (C=O) groups is 1. The molecule has 1 aliphatic heterocycles. The number of esters is 1. The van der Waals surface area contributed by atoms with Crippen molar-refractivity contribution in [2.75, 3.05) is 14.2 Å². The third-order valence-electron chi connectivity index (χ3n) is 3.80. The van der Waals surface area contributed by atoms with Crippen molar-refractivity contribution in [1.82, 2.24) is 0 Å². The van der Waals surface area contributed by atoms with Gasteiger partial charge in [-0.05, 0) is 29.8 Å². The normalized spacial score (nSPS) is 17.8. The third kappa shape index (κ3) is 2.95. The van der Waals surface area contributed by atoms with Gasteiger partial charge in [0.15, 0.2) is 11.6 Å². The molecule has 1 heterocycles. The summed E-state index contributed by atoms with van der Waals surface area (Å²) in [6.07, 6.45) is -0.0811. The highest BCUT2D eigenvalue weighted by molar-refractivity contribution is 6.03. The second-order valence-corrected chi connectivity index (χ2v) is 5.26. The maximum Gasteiger partial charge on any atom is 0.337 e. The topological polar surface area (TPSA) is 57.1 Å². The number of hydrogen-bond acceptors (Lipinski definition) is 5. The van der Waals surface area contributed by atoms with Gasteiger partial charge < -0.3 is 14.3 Å². The first-order valence-electron chi connectivity index (χ1n) is 7.38. The van der Waals surface area contributed by atoms with E-state index in [1.54, 1.807) is 30.3 Å². The van der Waals surface area contributed by atoms with E-state index in [0.29, 0.717) is 23.3 Å². The van der Waals surface area contributed by atoms with E-state index in [0.717, 1.165) is 5.56 Å². The Labute approximate surface area is 138 Å². The fraction of sp³-hybridized carbons (Fsp3) is 0.222. The molecule has 0 N–H and O–H groups in total. The number of benzene rings is 2. The number of carbonyl (C=O) groups excluding carboxylic acids is 1. The smallest absolute Gasteiger partial charge is 0.337 e. The number of ether oxygens (including phenoxy) is 2. The van der Waals surface area contributed by atoms with Crippen LogP contribution in [0.4, 0.5) is 4.39 Å². The van der Waals surface area contributed by atoms with E-state index in [1.165, 1.54) is 20.3 Å². The Bertz CT molecular complexity index is 803. The molecule has 24 heavy (non-hydrogen) atoms. The highest BCUT2D eigenvalue weighted by atomic mass is 19.1. The van der Waals surface area contributed by atoms with Crippen LogP contribution >= 0.6 is 0 Å². The Kier molecular flexibility index (Phi) is 4.46. The second kappa shape index (κ2) is 6.70. The molecule has 1 aliphatic rings. The Morgan fingerprint density at radius 2 is 2.04 bits per heavy atom. The Balaban J connectivity index is 2.01. The highest BCUT2D eigenvalue weighted by Crippen LogP contribution is 2.37. The number of methoxy groups -OCH3 is 1. The van der Waals surface area contributed by atoms with Crippen LogP contribution in [0.25, 0.3) is 0 Å². The number of fused-ring (bicyclic) bond motifs is 1. The zero-order chi connectivity index (χ0) is 17.1. The molecule has 0 fully saturated rings. The molecule has 0 aliphatic carbocycles. The van der Waals surface area contributed by atoms with Crippen LogP contribution in [-0.2, 0) is 9.57 Å². The zero-order valence-corrected chi connectivity index (χ0v) is 13.3. The molecule has 0 saturated heterocycles. The lowest BCUT2D eigenvalue weighted by molar-refractivity contribution is 0.0600. The molecule has 0 bridgehead atoms. The minimum atomic E-state index is -0.479. The van der Waals surface area contributed by atoms with E-state index in [9.17, 15) is 9.18 Å². The molecule has 0 saturated carbocycles. The first kappa shape index (κ1) is 16.0. The lowest BCUT2D eigenvalue weighted by Gasteiger charge is -2.27. The van der Waals surface area contributed by atoms with Crippen molar-refractivity contribution in [2.45, 2.75) is 12.5 Å². The van der Waals surface area contributed by atoms with E-state index < -0.39 is 17.9 Å². The molecule has 2 aromatic rings. The van der Waals surface area contributed by atoms with Crippen molar-refractivity contribution >= 4 is 11.7 Å². The van der Waals surface area contributed by atoms with Gasteiger partial charge in [0.25, 0.3) is 0 Å². The largest absolute Gasteiger partial charge is 0.482 e. The van der Waals surface area contributed by atoms with Crippen LogP contribution in [0.1, 0.15) is 34.0 Å². The first-order chi connectivity index (χ1) is 11.6. The van der Waals surface area contributed by atoms with Gasteiger partial charge in [0.1, 0.15) is 13.2 Å². The molecule has 6 heteroatoms. The van der Waals surface area contributed by atoms with Crippen LogP contribution in [0.15, 0.2) is 47.6 Å². The molecule has 0 amide bonds. The molecule has 0 radical (unpaired) electrons. The molecule has 124 valence electrons. The van der Waals surface area contributed by atoms with E-state index in [2.05, 4.69) is 5.16 Å². The SMILES string of the molecule is CON=C1CC(c2cccc(C(=O)OC)c2)Oc2c(F)cccc21. The van der Waals surface area contributed by atoms with Gasteiger partial charge in [-0.15, -0.1) is 0 Å². The lowest BCUT2D eigenvalue weighted by Crippen LogP contribution is -2.22. The average molecular weight is 329 g/mol. The van der Waals surface area contributed by atoms with Crippen molar-refractivity contribution in [3.8, 4) is 5.75 Å². The van der Waals surface area contributed by atoms with Crippen molar-refractivity contribution in [1.29, 1.82) is 0 Å². The van der Waals surface area contributed by atoms with Gasteiger partial charge in [0.05, 0.1) is 18.4 Å². The van der Waals surface area contributed by atoms with Gasteiger partial charge in [-0.1, -0.05) is 23.4 Å². The maximum absolute atomic E-state index is 14.1. The van der Waals surface area contributed by atoms with Crippen LogP contribution in [0, 0.1) is 5.82 Å². The lowest BCUT2D eigenvalue weighted by atomic mass is 9.94. The predicted molar refractivity (Wildman–Crippen MR) is 85.7 cm³/mol. The predicted octanol–water partition coefficient (Wildman–Crippen LogP) is 3.49. The van der Waals surface area contributed by atoms with Crippen LogP contribution < -0.4 is 4.74 Å². The highest BCUT2D eigenvalue weighted by Gasteiger charge is 2.29. The second-order valence-electron chi connectivity index (χ2n) is 5.26. The van der Waals surface area contributed by atoms with E-state index >= 15 is 0 Å². The van der Waals surface area contributed by atoms with Crippen LogP contribution in [0.3, 0.4) is 0 Å². The molecule has 1 atom stereocenters. The summed E-state index contributed by atoms with van der Waals surface area (Å²) in [6.45, 7) is 0. The molecular weight excluding hydrogens is 313 g/mol. The van der Waals surface area contributed by atoms with Crippen molar-refractivity contribution < 1.29 is 23.5 Å². The number of rotatable bonds is 3. The van der Waals surface area contributed by atoms with E-state index in [4.69, 9.17) is 14.3 Å². The maximum atomic E-state index is 14.1. The molecule has 1 unspecified atom stereocenters. The summed E-state index contributed by atoms with van der Waals surface area (Å²) < 4.78 is 24.7. The number of halogens is 1. The summed E-state index contributed by atoms with van der Waals surface area (Å²) in [4.78, 5) is 16.6. The molecule has 0 aromatic heterocycles. The van der Waals surface area contributed by atoms with E-state index in [-0.39, 0.29) is 5.75 Å². The molecule has 5 nitrogen and oxygen atoms in total. The van der Waals surface area contributed by atoms with Crippen LogP contribution in [-0.4, -0.2) is 25.9 Å². The van der Waals surface area contributed by atoms with Crippen LogP contribution in [0.5, 0.6) is 5.75 Å². The fourth-order valence-electron chi connectivity index (χ4n) is 2.69. The van der Waals surface area contributed by atoms with Gasteiger partial charge in [-0.25, -0.2) is 9.18 Å². The Hall–Kier alpha value is -2.89. The monoisotopic (exact) mass is 329 g/mol. The summed E-state index contributed by atoms with van der Waals surface area (Å²) in [5.41, 5.74) is 2.29. The minimum absolute atomic E-state index is 0.132. The van der Waals surface area contributed by atoms with Gasteiger partial charge in [0, 0.05) is 12.0 Å². The van der Waals surface area contributed by atoms with E-state index in [1.807, 2.05) is 6.07 Å². The number of oxime groups is 1. The number of hydrogen-bond donors (Lipinski definition) is 0. The molecular formula is C18H16FNO4. The summed E-state index contributed by atoms with van der Waals surface area (Å²) >= 11 is 0. The summed E-state index contributed by atoms with van der Waals surface area (Å²) in [6, 6.07) is 11.5. The van der Waals surface area contributed by atoms with Crippen molar-refractivity contribution in [3.63, 3.8) is 0 Å². The molecule has 0 spiro atoms. The van der Waals surface area contributed by atoms with Gasteiger partial charge in [-0.3, -0.25) is 0 Å². The van der Waals surface area contributed by atoms with Crippen molar-refractivity contribution in [2.24, 2.45) is 5.16 Å². The zero-order valence-electron chi connectivity index (χ0n) is 13.3. The number of nitrogens with zero attached hydrogens (tertiary/aromatic N) is 1. The van der Waals surface area contributed by atoms with Gasteiger partial charge in [0.2, 0.25) is 0 Å². The number of para-hydroxylation sites is 1. The summed E-state index contributed by atoms with van der Waals surface area (Å²) in [7, 11) is 2.76. The fourth-order valence-corrected chi connectivity index (χ4v) is 2.69. The first-order valence-corrected chi connectivity index (χ1v) is 7.38. The quantitative estimate of drug-likeness (QED) is 0.639. The van der Waals surface area contributed by atoms with Crippen LogP contribution in [0.2, 0.25) is 0 Å². The Morgan fingerprint density at radius 3 is 2.79 bits per heavy atom.